The van der Waals surface area contributed by atoms with Gasteiger partial charge in [-0.3, -0.25) is 0 Å². The number of hydrogen-bond donors (Lipinski definition) is 0. The molecular weight excluding hydrogens is 188 g/mol. The average Bonchev–Trinajstić information content (AvgIpc) is 2.16. The molecule has 0 saturated carbocycles. The van der Waals surface area contributed by atoms with Gasteiger partial charge in [0.2, 0.25) is 0 Å². The summed E-state index contributed by atoms with van der Waals surface area (Å²) >= 11 is 5.80. The Kier molecular flexibility index (Phi) is 3.32. The van der Waals surface area contributed by atoms with Crippen LogP contribution in [-0.2, 0) is 4.79 Å². The van der Waals surface area contributed by atoms with Crippen LogP contribution in [0.2, 0.25) is 5.02 Å². The van der Waals surface area contributed by atoms with Crippen molar-refractivity contribution in [2.75, 3.05) is 7.11 Å². The van der Waals surface area contributed by atoms with E-state index in [-0.39, 0.29) is 5.92 Å². The summed E-state index contributed by atoms with van der Waals surface area (Å²) in [5.74, 6) is 0.512. The van der Waals surface area contributed by atoms with Crippen LogP contribution in [0.3, 0.4) is 0 Å². The average molecular weight is 199 g/mol. The van der Waals surface area contributed by atoms with Gasteiger partial charge in [0.25, 0.3) is 0 Å². The van der Waals surface area contributed by atoms with Crippen LogP contribution in [0.25, 0.3) is 0 Å². The lowest BCUT2D eigenvalue weighted by atomic mass is 10.0. The summed E-state index contributed by atoms with van der Waals surface area (Å²) in [4.78, 5) is 10.6. The zero-order valence-corrected chi connectivity index (χ0v) is 8.34. The molecule has 1 unspecified atom stereocenters. The number of carbonyl (C=O) groups is 1. The second-order valence-corrected chi connectivity index (χ2v) is 3.25. The van der Waals surface area contributed by atoms with Crippen molar-refractivity contribution in [2.45, 2.75) is 12.8 Å². The highest BCUT2D eigenvalue weighted by Gasteiger charge is 2.10. The van der Waals surface area contributed by atoms with Crippen molar-refractivity contribution in [3.63, 3.8) is 0 Å². The van der Waals surface area contributed by atoms with Crippen LogP contribution in [0.5, 0.6) is 5.75 Å². The molecule has 1 aromatic rings. The quantitative estimate of drug-likeness (QED) is 0.698. The molecular formula is C10H11ClO2. The Balaban J connectivity index is 3.14. The molecule has 0 N–H and O–H groups in total. The third-order valence-electron chi connectivity index (χ3n) is 1.89. The van der Waals surface area contributed by atoms with Gasteiger partial charge in [0.05, 0.1) is 7.11 Å². The second-order valence-electron chi connectivity index (χ2n) is 2.81. The summed E-state index contributed by atoms with van der Waals surface area (Å²) in [6, 6.07) is 5.25. The Morgan fingerprint density at radius 1 is 1.54 bits per heavy atom. The molecule has 1 aromatic carbocycles. The molecule has 1 atom stereocenters. The monoisotopic (exact) mass is 198 g/mol. The lowest BCUT2D eigenvalue weighted by molar-refractivity contribution is -0.108. The van der Waals surface area contributed by atoms with E-state index in [0.29, 0.717) is 10.8 Å². The van der Waals surface area contributed by atoms with Crippen molar-refractivity contribution in [1.82, 2.24) is 0 Å². The van der Waals surface area contributed by atoms with Crippen molar-refractivity contribution < 1.29 is 9.53 Å². The van der Waals surface area contributed by atoms with Crippen LogP contribution in [0.4, 0.5) is 0 Å². The first-order chi connectivity index (χ1) is 6.19. The van der Waals surface area contributed by atoms with E-state index in [0.717, 1.165) is 11.8 Å². The fraction of sp³-hybridized carbons (Fsp3) is 0.300. The predicted octanol–water partition coefficient (Wildman–Crippen LogP) is 2.65. The largest absolute Gasteiger partial charge is 0.496 e. The van der Waals surface area contributed by atoms with Gasteiger partial charge in [0, 0.05) is 16.5 Å². The van der Waals surface area contributed by atoms with E-state index < -0.39 is 0 Å². The SMILES string of the molecule is COc1ccc(Cl)cc1C(C)C=O. The second kappa shape index (κ2) is 4.28. The zero-order chi connectivity index (χ0) is 9.84. The highest BCUT2D eigenvalue weighted by Crippen LogP contribution is 2.28. The first-order valence-corrected chi connectivity index (χ1v) is 4.35. The molecule has 2 nitrogen and oxygen atoms in total. The Bertz CT molecular complexity index is 310. The van der Waals surface area contributed by atoms with Crippen molar-refractivity contribution in [3.8, 4) is 5.75 Å². The van der Waals surface area contributed by atoms with E-state index in [1.54, 1.807) is 32.2 Å². The fourth-order valence-electron chi connectivity index (χ4n) is 1.13. The van der Waals surface area contributed by atoms with E-state index in [1.165, 1.54) is 0 Å². The van der Waals surface area contributed by atoms with E-state index >= 15 is 0 Å². The Morgan fingerprint density at radius 3 is 2.77 bits per heavy atom. The number of ether oxygens (including phenoxy) is 1. The minimum absolute atomic E-state index is 0.186. The third kappa shape index (κ3) is 2.22. The van der Waals surface area contributed by atoms with Crippen LogP contribution >= 0.6 is 11.6 Å². The maximum Gasteiger partial charge on any atom is 0.127 e. The van der Waals surface area contributed by atoms with Gasteiger partial charge in [-0.05, 0) is 18.2 Å². The molecule has 0 aromatic heterocycles. The Labute approximate surface area is 82.5 Å². The van der Waals surface area contributed by atoms with Gasteiger partial charge >= 0.3 is 0 Å². The van der Waals surface area contributed by atoms with Gasteiger partial charge < -0.3 is 9.53 Å². The smallest absolute Gasteiger partial charge is 0.127 e. The highest BCUT2D eigenvalue weighted by molar-refractivity contribution is 6.30. The first-order valence-electron chi connectivity index (χ1n) is 3.97. The third-order valence-corrected chi connectivity index (χ3v) is 2.12. The van der Waals surface area contributed by atoms with Crippen molar-refractivity contribution in [1.29, 1.82) is 0 Å². The lowest BCUT2D eigenvalue weighted by Crippen LogP contribution is -1.98. The molecule has 0 heterocycles. The molecule has 0 radical (unpaired) electrons. The van der Waals surface area contributed by atoms with Crippen LogP contribution in [0.1, 0.15) is 18.4 Å². The number of hydrogen-bond acceptors (Lipinski definition) is 2. The number of halogens is 1. The van der Waals surface area contributed by atoms with E-state index in [4.69, 9.17) is 16.3 Å². The van der Waals surface area contributed by atoms with Crippen LogP contribution in [-0.4, -0.2) is 13.4 Å². The number of methoxy groups -OCH3 is 1. The van der Waals surface area contributed by atoms with Gasteiger partial charge in [-0.15, -0.1) is 0 Å². The van der Waals surface area contributed by atoms with Crippen LogP contribution in [0.15, 0.2) is 18.2 Å². The normalized spacial score (nSPS) is 12.2. The summed E-state index contributed by atoms with van der Waals surface area (Å²) in [7, 11) is 1.57. The number of carbonyl (C=O) groups excluding carboxylic acids is 1. The van der Waals surface area contributed by atoms with Gasteiger partial charge in [0.15, 0.2) is 0 Å². The van der Waals surface area contributed by atoms with E-state index in [1.807, 2.05) is 0 Å². The summed E-state index contributed by atoms with van der Waals surface area (Å²) in [6.07, 6.45) is 0.869. The zero-order valence-electron chi connectivity index (χ0n) is 7.58. The van der Waals surface area contributed by atoms with Gasteiger partial charge in [0.1, 0.15) is 12.0 Å². The Morgan fingerprint density at radius 2 is 2.23 bits per heavy atom. The molecule has 3 heteroatoms. The van der Waals surface area contributed by atoms with Crippen LogP contribution < -0.4 is 4.74 Å². The molecule has 1 rings (SSSR count). The predicted molar refractivity (Wildman–Crippen MR) is 52.5 cm³/mol. The molecule has 0 amide bonds. The molecule has 0 saturated heterocycles. The summed E-state index contributed by atoms with van der Waals surface area (Å²) in [5.41, 5.74) is 0.824. The number of rotatable bonds is 3. The number of benzene rings is 1. The molecule has 70 valence electrons. The molecule has 0 fully saturated rings. The molecule has 13 heavy (non-hydrogen) atoms. The highest BCUT2D eigenvalue weighted by atomic mass is 35.5. The summed E-state index contributed by atoms with van der Waals surface area (Å²) in [6.45, 7) is 1.81. The lowest BCUT2D eigenvalue weighted by Gasteiger charge is -2.10. The first kappa shape index (κ1) is 10.1. The minimum atomic E-state index is -0.186. The molecule has 0 aliphatic carbocycles. The number of aldehydes is 1. The van der Waals surface area contributed by atoms with E-state index in [9.17, 15) is 4.79 Å². The standard InChI is InChI=1S/C10H11ClO2/c1-7(6-12)9-5-8(11)3-4-10(9)13-2/h3-7H,1-2H3. The molecule has 0 spiro atoms. The van der Waals surface area contributed by atoms with Crippen LogP contribution in [0, 0.1) is 0 Å². The van der Waals surface area contributed by atoms with Crippen molar-refractivity contribution in [2.24, 2.45) is 0 Å². The summed E-state index contributed by atoms with van der Waals surface area (Å²) < 4.78 is 5.11. The van der Waals surface area contributed by atoms with Gasteiger partial charge in [-0.25, -0.2) is 0 Å². The van der Waals surface area contributed by atoms with Crippen molar-refractivity contribution >= 4 is 17.9 Å². The van der Waals surface area contributed by atoms with Gasteiger partial charge in [-0.2, -0.15) is 0 Å². The molecule has 0 bridgehead atoms. The fourth-order valence-corrected chi connectivity index (χ4v) is 1.31. The topological polar surface area (TPSA) is 26.3 Å². The van der Waals surface area contributed by atoms with Crippen molar-refractivity contribution in [3.05, 3.63) is 28.8 Å². The minimum Gasteiger partial charge on any atom is -0.496 e. The maximum absolute atomic E-state index is 10.6. The van der Waals surface area contributed by atoms with E-state index in [2.05, 4.69) is 0 Å². The summed E-state index contributed by atoms with van der Waals surface area (Å²) in [5, 5.41) is 0.615. The maximum atomic E-state index is 10.6. The Hall–Kier alpha value is -1.02. The molecule has 0 aliphatic heterocycles. The molecule has 0 aliphatic rings. The van der Waals surface area contributed by atoms with Gasteiger partial charge in [-0.1, -0.05) is 18.5 Å².